The topological polar surface area (TPSA) is 83.1 Å². The van der Waals surface area contributed by atoms with Crippen LogP contribution in [0.4, 0.5) is 5.69 Å². The van der Waals surface area contributed by atoms with Gasteiger partial charge in [-0.15, -0.1) is 11.3 Å². The van der Waals surface area contributed by atoms with Crippen LogP contribution in [-0.2, 0) is 16.3 Å². The summed E-state index contributed by atoms with van der Waals surface area (Å²) >= 11 is 1.01. The van der Waals surface area contributed by atoms with Crippen molar-refractivity contribution in [2.45, 2.75) is 17.1 Å². The Hall–Kier alpha value is -1.67. The molecule has 8 heteroatoms. The Morgan fingerprint density at radius 3 is 2.95 bits per heavy atom. The largest absolute Gasteiger partial charge is 0.304 e. The third kappa shape index (κ3) is 2.25. The Kier molecular flexibility index (Phi) is 3.14. The van der Waals surface area contributed by atoms with Gasteiger partial charge in [0.05, 0.1) is 22.5 Å². The number of hydrogen-bond donors (Lipinski definition) is 1. The molecule has 1 aliphatic rings. The number of anilines is 1. The lowest BCUT2D eigenvalue weighted by Crippen LogP contribution is -2.34. The van der Waals surface area contributed by atoms with Crippen molar-refractivity contribution in [1.82, 2.24) is 10.2 Å². The first kappa shape index (κ1) is 13.3. The zero-order chi connectivity index (χ0) is 14.3. The van der Waals surface area contributed by atoms with Gasteiger partial charge in [0.2, 0.25) is 0 Å². The Bertz CT molecular complexity index is 761. The molecular formula is C12H13N3O3S2. The van der Waals surface area contributed by atoms with Crippen molar-refractivity contribution in [3.05, 3.63) is 28.9 Å². The quantitative estimate of drug-likeness (QED) is 0.910. The maximum atomic E-state index is 12.5. The average Bonchev–Trinajstić information content (AvgIpc) is 3.05. The Balaban J connectivity index is 1.93. The van der Waals surface area contributed by atoms with Gasteiger partial charge in [-0.3, -0.25) is 9.89 Å². The van der Waals surface area contributed by atoms with Crippen molar-refractivity contribution in [1.29, 1.82) is 0 Å². The molecule has 1 N–H and O–H groups in total. The summed E-state index contributed by atoms with van der Waals surface area (Å²) in [6.07, 6.45) is 4.52. The molecule has 0 radical (unpaired) electrons. The van der Waals surface area contributed by atoms with Crippen molar-refractivity contribution in [2.75, 3.05) is 17.7 Å². The van der Waals surface area contributed by atoms with Crippen LogP contribution < -0.4 is 4.90 Å². The second-order valence-electron chi connectivity index (χ2n) is 4.68. The molecule has 0 spiro atoms. The highest BCUT2D eigenvalue weighted by Crippen LogP contribution is 2.29. The molecule has 0 fully saturated rings. The molecule has 1 amide bonds. The minimum Gasteiger partial charge on any atom is -0.304 e. The van der Waals surface area contributed by atoms with Gasteiger partial charge in [0.1, 0.15) is 4.21 Å². The summed E-state index contributed by atoms with van der Waals surface area (Å²) in [5.41, 5.74) is 1.74. The van der Waals surface area contributed by atoms with Crippen LogP contribution in [0.15, 0.2) is 22.5 Å². The van der Waals surface area contributed by atoms with Crippen molar-refractivity contribution >= 4 is 32.8 Å². The molecule has 0 saturated carbocycles. The highest BCUT2D eigenvalue weighted by Gasteiger charge is 2.26. The molecule has 3 heterocycles. The van der Waals surface area contributed by atoms with E-state index in [9.17, 15) is 13.2 Å². The van der Waals surface area contributed by atoms with Crippen molar-refractivity contribution < 1.29 is 13.2 Å². The first-order chi connectivity index (χ1) is 9.47. The standard InChI is InChI=1S/C12H13N3O3S2/c1-20(17,18)11-5-4-10(19-11)12(16)15-6-2-3-8-9(15)7-13-14-8/h4-5,7H,2-3,6H2,1H3,(H,13,14). The van der Waals surface area contributed by atoms with Gasteiger partial charge < -0.3 is 4.90 Å². The fraction of sp³-hybridized carbons (Fsp3) is 0.333. The average molecular weight is 311 g/mol. The van der Waals surface area contributed by atoms with E-state index in [2.05, 4.69) is 10.2 Å². The number of amides is 1. The van der Waals surface area contributed by atoms with E-state index in [1.807, 2.05) is 0 Å². The summed E-state index contributed by atoms with van der Waals surface area (Å²) in [5, 5.41) is 6.85. The van der Waals surface area contributed by atoms with Gasteiger partial charge in [-0.2, -0.15) is 5.10 Å². The van der Waals surface area contributed by atoms with Gasteiger partial charge in [-0.25, -0.2) is 8.42 Å². The van der Waals surface area contributed by atoms with Gasteiger partial charge in [-0.05, 0) is 25.0 Å². The maximum absolute atomic E-state index is 12.5. The number of H-pyrrole nitrogens is 1. The summed E-state index contributed by atoms with van der Waals surface area (Å²) in [4.78, 5) is 14.6. The van der Waals surface area contributed by atoms with E-state index in [0.29, 0.717) is 11.4 Å². The fourth-order valence-electron chi connectivity index (χ4n) is 2.24. The van der Waals surface area contributed by atoms with Crippen LogP contribution in [-0.4, -0.2) is 37.3 Å². The molecule has 6 nitrogen and oxygen atoms in total. The predicted octanol–water partition coefficient (Wildman–Crippen LogP) is 1.47. The third-order valence-corrected chi connectivity index (χ3v) is 6.09. The van der Waals surface area contributed by atoms with Crippen molar-refractivity contribution in [3.8, 4) is 0 Å². The number of nitrogens with one attached hydrogen (secondary N) is 1. The smallest absolute Gasteiger partial charge is 0.268 e. The Labute approximate surface area is 120 Å². The molecule has 0 aliphatic carbocycles. The first-order valence-electron chi connectivity index (χ1n) is 6.11. The Morgan fingerprint density at radius 1 is 1.45 bits per heavy atom. The second kappa shape index (κ2) is 4.71. The van der Waals surface area contributed by atoms with Crippen LogP contribution in [0.1, 0.15) is 21.8 Å². The fourth-order valence-corrected chi connectivity index (χ4v) is 4.11. The lowest BCUT2D eigenvalue weighted by molar-refractivity contribution is 0.0989. The molecule has 20 heavy (non-hydrogen) atoms. The van der Waals surface area contributed by atoms with Gasteiger partial charge in [0.25, 0.3) is 5.91 Å². The molecule has 0 bridgehead atoms. The zero-order valence-electron chi connectivity index (χ0n) is 10.8. The molecule has 2 aromatic rings. The minimum atomic E-state index is -3.27. The van der Waals surface area contributed by atoms with E-state index in [1.54, 1.807) is 17.2 Å². The van der Waals surface area contributed by atoms with Crippen LogP contribution in [0.5, 0.6) is 0 Å². The maximum Gasteiger partial charge on any atom is 0.268 e. The number of hydrogen-bond acceptors (Lipinski definition) is 5. The highest BCUT2D eigenvalue weighted by atomic mass is 32.2. The van der Waals surface area contributed by atoms with Crippen LogP contribution in [0.25, 0.3) is 0 Å². The second-order valence-corrected chi connectivity index (χ2v) is 8.01. The lowest BCUT2D eigenvalue weighted by Gasteiger charge is -2.25. The molecule has 106 valence electrons. The zero-order valence-corrected chi connectivity index (χ0v) is 12.4. The van der Waals surface area contributed by atoms with Crippen LogP contribution in [0.2, 0.25) is 0 Å². The number of sulfone groups is 1. The van der Waals surface area contributed by atoms with Crippen molar-refractivity contribution in [2.24, 2.45) is 0 Å². The van der Waals surface area contributed by atoms with E-state index in [-0.39, 0.29) is 10.1 Å². The summed E-state index contributed by atoms with van der Waals surface area (Å²) in [5.74, 6) is -0.174. The molecule has 0 unspecified atom stereocenters. The number of aryl methyl sites for hydroxylation is 1. The van der Waals surface area contributed by atoms with E-state index in [4.69, 9.17) is 0 Å². The SMILES string of the molecule is CS(=O)(=O)c1ccc(C(=O)N2CCCc3[nH]ncc32)s1. The molecule has 2 aromatic heterocycles. The summed E-state index contributed by atoms with van der Waals surface area (Å²) in [7, 11) is -3.27. The van der Waals surface area contributed by atoms with E-state index in [0.717, 1.165) is 41.8 Å². The minimum absolute atomic E-state index is 0.174. The predicted molar refractivity (Wildman–Crippen MR) is 76.0 cm³/mol. The van der Waals surface area contributed by atoms with E-state index >= 15 is 0 Å². The Morgan fingerprint density at radius 2 is 2.25 bits per heavy atom. The molecule has 0 saturated heterocycles. The van der Waals surface area contributed by atoms with Gasteiger partial charge in [0.15, 0.2) is 9.84 Å². The number of aromatic nitrogens is 2. The number of rotatable bonds is 2. The van der Waals surface area contributed by atoms with Crippen molar-refractivity contribution in [3.63, 3.8) is 0 Å². The summed E-state index contributed by atoms with van der Waals surface area (Å²) < 4.78 is 23.2. The van der Waals surface area contributed by atoms with Crippen LogP contribution >= 0.6 is 11.3 Å². The highest BCUT2D eigenvalue weighted by molar-refractivity contribution is 7.92. The number of aromatic amines is 1. The molecule has 0 aromatic carbocycles. The van der Waals surface area contributed by atoms with E-state index in [1.165, 1.54) is 6.07 Å². The van der Waals surface area contributed by atoms with Gasteiger partial charge in [0, 0.05) is 12.8 Å². The number of carbonyl (C=O) groups is 1. The lowest BCUT2D eigenvalue weighted by atomic mass is 10.1. The van der Waals surface area contributed by atoms with Gasteiger partial charge in [-0.1, -0.05) is 0 Å². The molecule has 3 rings (SSSR count). The molecule has 0 atom stereocenters. The van der Waals surface area contributed by atoms with Crippen LogP contribution in [0, 0.1) is 0 Å². The number of fused-ring (bicyclic) bond motifs is 1. The van der Waals surface area contributed by atoms with E-state index < -0.39 is 9.84 Å². The molecule has 1 aliphatic heterocycles. The summed E-state index contributed by atoms with van der Waals surface area (Å²) in [6, 6.07) is 3.05. The van der Waals surface area contributed by atoms with Gasteiger partial charge >= 0.3 is 0 Å². The normalized spacial score (nSPS) is 15.2. The van der Waals surface area contributed by atoms with Crippen LogP contribution in [0.3, 0.4) is 0 Å². The number of nitrogens with zero attached hydrogens (tertiary/aromatic N) is 2. The monoisotopic (exact) mass is 311 g/mol. The summed E-state index contributed by atoms with van der Waals surface area (Å²) in [6.45, 7) is 0.622. The number of thiophene rings is 1. The first-order valence-corrected chi connectivity index (χ1v) is 8.81. The number of carbonyl (C=O) groups excluding carboxylic acids is 1. The molecular weight excluding hydrogens is 298 g/mol. The third-order valence-electron chi connectivity index (χ3n) is 3.20.